The zero-order valence-electron chi connectivity index (χ0n) is 7.94. The van der Waals surface area contributed by atoms with E-state index in [1.807, 2.05) is 24.4 Å². The van der Waals surface area contributed by atoms with Crippen molar-refractivity contribution in [3.8, 4) is 0 Å². The number of nitrogens with zero attached hydrogens (tertiary/aromatic N) is 1. The molecule has 0 aliphatic rings. The van der Waals surface area contributed by atoms with E-state index < -0.39 is 0 Å². The molecule has 71 valence electrons. The van der Waals surface area contributed by atoms with Crippen molar-refractivity contribution >= 4 is 23.5 Å². The first-order valence-corrected chi connectivity index (χ1v) is 5.39. The zero-order valence-corrected chi connectivity index (χ0v) is 8.76. The molecule has 14 heavy (non-hydrogen) atoms. The van der Waals surface area contributed by atoms with Crippen LogP contribution in [0.3, 0.4) is 0 Å². The van der Waals surface area contributed by atoms with Crippen LogP contribution in [-0.4, -0.2) is 10.7 Å². The second-order valence-corrected chi connectivity index (χ2v) is 3.75. The van der Waals surface area contributed by atoms with E-state index in [9.17, 15) is 0 Å². The van der Waals surface area contributed by atoms with Gasteiger partial charge in [-0.05, 0) is 30.5 Å². The quantitative estimate of drug-likeness (QED) is 0.743. The molecule has 0 saturated carbocycles. The largest absolute Gasteiger partial charge is 0.256 e. The van der Waals surface area contributed by atoms with Crippen LogP contribution in [-0.2, 0) is 6.42 Å². The summed E-state index contributed by atoms with van der Waals surface area (Å²) in [6.45, 7) is 0. The fourth-order valence-corrected chi connectivity index (χ4v) is 1.67. The number of rotatable bonds is 3. The van der Waals surface area contributed by atoms with Crippen LogP contribution in [0.15, 0.2) is 36.5 Å². The first kappa shape index (κ1) is 9.53. The second kappa shape index (κ2) is 4.47. The molecule has 0 fully saturated rings. The van der Waals surface area contributed by atoms with Crippen molar-refractivity contribution in [2.75, 3.05) is 5.75 Å². The summed E-state index contributed by atoms with van der Waals surface area (Å²) < 4.78 is 0. The minimum Gasteiger partial charge on any atom is -0.256 e. The fourth-order valence-electron chi connectivity index (χ4n) is 1.53. The average molecular weight is 202 g/mol. The number of pyridine rings is 1. The van der Waals surface area contributed by atoms with Crippen LogP contribution in [0.5, 0.6) is 0 Å². The lowest BCUT2D eigenvalue weighted by molar-refractivity contribution is 0.931. The standard InChI is InChI=1S/C12H12NS/c14-7-3-4-10-8-11-5-1-2-6-12(11)13-9-10/h1-2,5-6,8-9H,3-4,7H2. The Kier molecular flexibility index (Phi) is 3.04. The summed E-state index contributed by atoms with van der Waals surface area (Å²) in [6, 6.07) is 10.4. The SMILES string of the molecule is [S]CCCc1cnc2ccccc2c1. The first-order chi connectivity index (χ1) is 6.90. The fraction of sp³-hybridized carbons (Fsp3) is 0.250. The Balaban J connectivity index is 2.32. The Morgan fingerprint density at radius 3 is 2.93 bits per heavy atom. The maximum atomic E-state index is 4.93. The molecule has 1 aromatic heterocycles. The van der Waals surface area contributed by atoms with Crippen molar-refractivity contribution in [2.24, 2.45) is 0 Å². The van der Waals surface area contributed by atoms with Gasteiger partial charge in [0, 0.05) is 17.3 Å². The minimum absolute atomic E-state index is 0.826. The van der Waals surface area contributed by atoms with Crippen LogP contribution in [0.1, 0.15) is 12.0 Å². The summed E-state index contributed by atoms with van der Waals surface area (Å²) in [6.07, 6.45) is 4.06. The summed E-state index contributed by atoms with van der Waals surface area (Å²) in [5, 5.41) is 1.22. The van der Waals surface area contributed by atoms with Gasteiger partial charge in [-0.2, -0.15) is 0 Å². The van der Waals surface area contributed by atoms with Gasteiger partial charge in [0.1, 0.15) is 0 Å². The van der Waals surface area contributed by atoms with Crippen LogP contribution in [0, 0.1) is 0 Å². The van der Waals surface area contributed by atoms with Crippen molar-refractivity contribution in [1.29, 1.82) is 0 Å². The lowest BCUT2D eigenvalue weighted by Crippen LogP contribution is -1.88. The molecular weight excluding hydrogens is 190 g/mol. The molecule has 1 aromatic carbocycles. The van der Waals surface area contributed by atoms with Gasteiger partial charge >= 0.3 is 0 Å². The summed E-state index contributed by atoms with van der Waals surface area (Å²) in [5.41, 5.74) is 2.35. The monoisotopic (exact) mass is 202 g/mol. The van der Waals surface area contributed by atoms with Crippen LogP contribution < -0.4 is 0 Å². The lowest BCUT2D eigenvalue weighted by Gasteiger charge is -2.01. The second-order valence-electron chi connectivity index (χ2n) is 3.34. The summed E-state index contributed by atoms with van der Waals surface area (Å²) in [7, 11) is 0. The van der Waals surface area contributed by atoms with Gasteiger partial charge in [0.2, 0.25) is 0 Å². The van der Waals surface area contributed by atoms with E-state index in [2.05, 4.69) is 17.1 Å². The molecule has 0 atom stereocenters. The number of fused-ring (bicyclic) bond motifs is 1. The molecule has 2 aromatic rings. The molecule has 0 bridgehead atoms. The van der Waals surface area contributed by atoms with Gasteiger partial charge in [0.25, 0.3) is 0 Å². The highest BCUT2D eigenvalue weighted by atomic mass is 32.1. The molecule has 0 amide bonds. The predicted octanol–water partition coefficient (Wildman–Crippen LogP) is 3.36. The van der Waals surface area contributed by atoms with Gasteiger partial charge in [-0.3, -0.25) is 4.98 Å². The predicted molar refractivity (Wildman–Crippen MR) is 62.5 cm³/mol. The van der Waals surface area contributed by atoms with E-state index in [1.54, 1.807) is 0 Å². The number of benzene rings is 1. The van der Waals surface area contributed by atoms with Crippen molar-refractivity contribution in [1.82, 2.24) is 4.98 Å². The Morgan fingerprint density at radius 1 is 1.21 bits per heavy atom. The van der Waals surface area contributed by atoms with E-state index >= 15 is 0 Å². The van der Waals surface area contributed by atoms with Crippen molar-refractivity contribution < 1.29 is 0 Å². The normalized spacial score (nSPS) is 10.6. The Labute approximate surface area is 89.6 Å². The zero-order chi connectivity index (χ0) is 9.80. The van der Waals surface area contributed by atoms with E-state index in [1.165, 1.54) is 10.9 Å². The molecule has 2 heteroatoms. The molecule has 0 unspecified atom stereocenters. The smallest absolute Gasteiger partial charge is 0.0702 e. The van der Waals surface area contributed by atoms with Crippen molar-refractivity contribution in [3.63, 3.8) is 0 Å². The molecule has 0 saturated heterocycles. The van der Waals surface area contributed by atoms with Crippen molar-refractivity contribution in [2.45, 2.75) is 12.8 Å². The van der Waals surface area contributed by atoms with Gasteiger partial charge in [-0.15, -0.1) is 0 Å². The highest BCUT2D eigenvalue weighted by Crippen LogP contribution is 2.13. The number of para-hydroxylation sites is 1. The molecule has 0 aliphatic heterocycles. The highest BCUT2D eigenvalue weighted by Gasteiger charge is 1.96. The van der Waals surface area contributed by atoms with Crippen LogP contribution in [0.2, 0.25) is 0 Å². The van der Waals surface area contributed by atoms with Crippen molar-refractivity contribution in [3.05, 3.63) is 42.1 Å². The summed E-state index contributed by atoms with van der Waals surface area (Å²) in [5.74, 6) is 0.826. The third-order valence-corrected chi connectivity index (χ3v) is 2.55. The molecule has 0 N–H and O–H groups in total. The van der Waals surface area contributed by atoms with Gasteiger partial charge < -0.3 is 0 Å². The molecule has 0 aliphatic carbocycles. The van der Waals surface area contributed by atoms with Crippen LogP contribution >= 0.6 is 12.6 Å². The molecule has 1 radical (unpaired) electrons. The van der Waals surface area contributed by atoms with E-state index in [0.29, 0.717) is 0 Å². The Hall–Kier alpha value is -1.02. The average Bonchev–Trinajstić information content (AvgIpc) is 2.26. The number of hydrogen-bond donors (Lipinski definition) is 0. The molecule has 1 heterocycles. The highest BCUT2D eigenvalue weighted by molar-refractivity contribution is 7.80. The molecule has 1 nitrogen and oxygen atoms in total. The minimum atomic E-state index is 0.826. The number of aryl methyl sites for hydroxylation is 1. The maximum Gasteiger partial charge on any atom is 0.0702 e. The number of aromatic nitrogens is 1. The van der Waals surface area contributed by atoms with E-state index in [0.717, 1.165) is 24.1 Å². The maximum absolute atomic E-state index is 4.93. The van der Waals surface area contributed by atoms with Gasteiger partial charge in [0.05, 0.1) is 5.52 Å². The summed E-state index contributed by atoms with van der Waals surface area (Å²) in [4.78, 5) is 4.40. The van der Waals surface area contributed by atoms with Gasteiger partial charge in [0.15, 0.2) is 0 Å². The third-order valence-electron chi connectivity index (χ3n) is 2.26. The molecular formula is C12H12NS. The Morgan fingerprint density at radius 2 is 2.07 bits per heavy atom. The Bertz CT molecular complexity index is 425. The van der Waals surface area contributed by atoms with Crippen LogP contribution in [0.4, 0.5) is 0 Å². The van der Waals surface area contributed by atoms with Crippen LogP contribution in [0.25, 0.3) is 10.9 Å². The third kappa shape index (κ3) is 2.07. The topological polar surface area (TPSA) is 12.9 Å². The summed E-state index contributed by atoms with van der Waals surface area (Å²) >= 11 is 4.93. The van der Waals surface area contributed by atoms with Gasteiger partial charge in [-0.25, -0.2) is 0 Å². The van der Waals surface area contributed by atoms with Gasteiger partial charge in [-0.1, -0.05) is 30.8 Å². The number of hydrogen-bond acceptors (Lipinski definition) is 1. The first-order valence-electron chi connectivity index (χ1n) is 4.82. The van der Waals surface area contributed by atoms with E-state index in [4.69, 9.17) is 12.6 Å². The molecule has 2 rings (SSSR count). The molecule has 0 spiro atoms. The van der Waals surface area contributed by atoms with E-state index in [-0.39, 0.29) is 0 Å². The lowest BCUT2D eigenvalue weighted by atomic mass is 10.1.